The lowest BCUT2D eigenvalue weighted by Crippen LogP contribution is -2.53. The predicted octanol–water partition coefficient (Wildman–Crippen LogP) is 5.42. The highest BCUT2D eigenvalue weighted by atomic mass is 16.1. The number of nitrogens with zero attached hydrogens (tertiary/aromatic N) is 1. The van der Waals surface area contributed by atoms with Gasteiger partial charge in [0.2, 0.25) is 0 Å². The number of benzene rings is 3. The first-order valence-corrected chi connectivity index (χ1v) is 10.3. The van der Waals surface area contributed by atoms with Gasteiger partial charge in [-0.05, 0) is 29.5 Å². The Kier molecular flexibility index (Phi) is 5.68. The first-order chi connectivity index (χ1) is 13.9. The number of likely N-dealkylation sites (tertiary alicyclic amines) is 1. The fraction of sp³-hybridized carbons (Fsp3) is 0.269. The minimum atomic E-state index is -0.486. The molecule has 1 aliphatic heterocycles. The first-order valence-electron chi connectivity index (χ1n) is 10.3. The minimum absolute atomic E-state index is 0.0943. The van der Waals surface area contributed by atoms with E-state index in [1.54, 1.807) is 0 Å². The maximum absolute atomic E-state index is 12.2. The highest BCUT2D eigenvalue weighted by Gasteiger charge is 2.45. The lowest BCUT2D eigenvalue weighted by Gasteiger charge is -2.47. The van der Waals surface area contributed by atoms with Gasteiger partial charge in [0, 0.05) is 6.54 Å². The van der Waals surface area contributed by atoms with Gasteiger partial charge in [-0.1, -0.05) is 104 Å². The second kappa shape index (κ2) is 8.53. The summed E-state index contributed by atoms with van der Waals surface area (Å²) >= 11 is 0. The van der Waals surface area contributed by atoms with Gasteiger partial charge in [-0.25, -0.2) is 0 Å². The van der Waals surface area contributed by atoms with Crippen LogP contribution >= 0.6 is 0 Å². The number of hydrogen-bond acceptors (Lipinski definition) is 2. The summed E-state index contributed by atoms with van der Waals surface area (Å²) in [5, 5.41) is 0. The van der Waals surface area contributed by atoms with Crippen LogP contribution in [0.3, 0.4) is 0 Å². The highest BCUT2D eigenvalue weighted by molar-refractivity contribution is 5.60. The molecule has 1 saturated heterocycles. The molecule has 1 fully saturated rings. The molecule has 2 nitrogen and oxygen atoms in total. The molecule has 2 heteroatoms. The molecule has 1 unspecified atom stereocenters. The molecular weight excluding hydrogens is 342 g/mol. The average Bonchev–Trinajstić information content (AvgIpc) is 3.03. The largest absolute Gasteiger partial charge is 0.302 e. The molecule has 3 aromatic carbocycles. The molecule has 0 amide bonds. The van der Waals surface area contributed by atoms with Crippen LogP contribution < -0.4 is 0 Å². The molecule has 28 heavy (non-hydrogen) atoms. The molecule has 1 atom stereocenters. The van der Waals surface area contributed by atoms with Crippen LogP contribution in [-0.4, -0.2) is 23.8 Å². The summed E-state index contributed by atoms with van der Waals surface area (Å²) in [6.07, 6.45) is 5.47. The van der Waals surface area contributed by atoms with E-state index in [4.69, 9.17) is 0 Å². The molecule has 1 heterocycles. The Balaban J connectivity index is 2.05. The molecule has 1 aliphatic rings. The smallest absolute Gasteiger partial charge is 0.137 e. The van der Waals surface area contributed by atoms with Gasteiger partial charge in [0.1, 0.15) is 6.29 Å². The maximum Gasteiger partial charge on any atom is 0.137 e. The Labute approximate surface area is 167 Å². The van der Waals surface area contributed by atoms with Crippen molar-refractivity contribution in [2.24, 2.45) is 0 Å². The molecule has 142 valence electrons. The van der Waals surface area contributed by atoms with Crippen molar-refractivity contribution in [1.29, 1.82) is 0 Å². The summed E-state index contributed by atoms with van der Waals surface area (Å²) in [7, 11) is 0. The Morgan fingerprint density at radius 3 is 1.57 bits per heavy atom. The van der Waals surface area contributed by atoms with Crippen LogP contribution in [0, 0.1) is 0 Å². The molecule has 4 rings (SSSR count). The van der Waals surface area contributed by atoms with Gasteiger partial charge in [0.15, 0.2) is 0 Å². The first kappa shape index (κ1) is 18.6. The van der Waals surface area contributed by atoms with Crippen LogP contribution in [-0.2, 0) is 10.3 Å². The Bertz CT molecular complexity index is 779. The van der Waals surface area contributed by atoms with Gasteiger partial charge in [0.05, 0.1) is 11.6 Å². The Morgan fingerprint density at radius 2 is 1.14 bits per heavy atom. The normalized spacial score (nSPS) is 18.4. The Hall–Kier alpha value is -2.71. The van der Waals surface area contributed by atoms with Gasteiger partial charge in [-0.15, -0.1) is 0 Å². The summed E-state index contributed by atoms with van der Waals surface area (Å²) in [6.45, 7) is 0.905. The topological polar surface area (TPSA) is 20.3 Å². The van der Waals surface area contributed by atoms with Crippen molar-refractivity contribution in [1.82, 2.24) is 4.90 Å². The second-order valence-corrected chi connectivity index (χ2v) is 7.55. The summed E-state index contributed by atoms with van der Waals surface area (Å²) < 4.78 is 0. The number of hydrogen-bond donors (Lipinski definition) is 0. The third-order valence-electron chi connectivity index (χ3n) is 5.96. The van der Waals surface area contributed by atoms with E-state index >= 15 is 0 Å². The van der Waals surface area contributed by atoms with Gasteiger partial charge in [-0.2, -0.15) is 0 Å². The molecule has 3 aromatic rings. The number of carbonyl (C=O) groups is 1. The van der Waals surface area contributed by atoms with E-state index < -0.39 is 5.54 Å². The molecule has 0 N–H and O–H groups in total. The third-order valence-corrected chi connectivity index (χ3v) is 5.96. The fourth-order valence-electron chi connectivity index (χ4n) is 4.73. The van der Waals surface area contributed by atoms with Gasteiger partial charge < -0.3 is 4.79 Å². The quantitative estimate of drug-likeness (QED) is 0.442. The van der Waals surface area contributed by atoms with E-state index in [-0.39, 0.29) is 6.04 Å². The van der Waals surface area contributed by atoms with E-state index in [0.717, 1.165) is 32.1 Å². The van der Waals surface area contributed by atoms with E-state index in [0.29, 0.717) is 0 Å². The summed E-state index contributed by atoms with van der Waals surface area (Å²) in [6, 6.07) is 31.9. The molecule has 0 spiro atoms. The predicted molar refractivity (Wildman–Crippen MR) is 114 cm³/mol. The van der Waals surface area contributed by atoms with Crippen LogP contribution in [0.25, 0.3) is 0 Å². The molecule has 0 aromatic heterocycles. The van der Waals surface area contributed by atoms with Crippen molar-refractivity contribution in [3.05, 3.63) is 108 Å². The van der Waals surface area contributed by atoms with Crippen LogP contribution in [0.15, 0.2) is 91.0 Å². The van der Waals surface area contributed by atoms with Crippen molar-refractivity contribution >= 4 is 6.29 Å². The second-order valence-electron chi connectivity index (χ2n) is 7.55. The van der Waals surface area contributed by atoms with Gasteiger partial charge in [-0.3, -0.25) is 4.90 Å². The van der Waals surface area contributed by atoms with Crippen molar-refractivity contribution in [3.8, 4) is 0 Å². The van der Waals surface area contributed by atoms with Crippen molar-refractivity contribution in [2.75, 3.05) is 6.54 Å². The third kappa shape index (κ3) is 3.29. The summed E-state index contributed by atoms with van der Waals surface area (Å²) in [5.41, 5.74) is 3.14. The van der Waals surface area contributed by atoms with Crippen molar-refractivity contribution in [3.63, 3.8) is 0 Å². The van der Waals surface area contributed by atoms with Gasteiger partial charge >= 0.3 is 0 Å². The van der Waals surface area contributed by atoms with Crippen LogP contribution in [0.2, 0.25) is 0 Å². The average molecular weight is 370 g/mol. The number of carbonyl (C=O) groups excluding carboxylic acids is 1. The highest BCUT2D eigenvalue weighted by Crippen LogP contribution is 2.44. The monoisotopic (exact) mass is 369 g/mol. The molecule has 0 saturated carbocycles. The van der Waals surface area contributed by atoms with Gasteiger partial charge in [0.25, 0.3) is 0 Å². The summed E-state index contributed by atoms with van der Waals surface area (Å²) in [5.74, 6) is 0. The molecular formula is C26H27NO. The van der Waals surface area contributed by atoms with Crippen LogP contribution in [0.5, 0.6) is 0 Å². The Morgan fingerprint density at radius 1 is 0.679 bits per heavy atom. The maximum atomic E-state index is 12.2. The van der Waals surface area contributed by atoms with Crippen molar-refractivity contribution < 1.29 is 4.79 Å². The van der Waals surface area contributed by atoms with E-state index in [2.05, 4.69) is 95.9 Å². The lowest BCUT2D eigenvalue weighted by atomic mass is 9.74. The molecule has 0 bridgehead atoms. The number of aldehydes is 1. The van der Waals surface area contributed by atoms with Crippen molar-refractivity contribution in [2.45, 2.75) is 37.3 Å². The van der Waals surface area contributed by atoms with E-state index in [1.165, 1.54) is 23.1 Å². The van der Waals surface area contributed by atoms with E-state index in [9.17, 15) is 4.79 Å². The van der Waals surface area contributed by atoms with E-state index in [1.807, 2.05) is 0 Å². The zero-order valence-corrected chi connectivity index (χ0v) is 16.2. The van der Waals surface area contributed by atoms with Crippen LogP contribution in [0.1, 0.15) is 42.4 Å². The molecule has 0 aliphatic carbocycles. The zero-order valence-electron chi connectivity index (χ0n) is 16.2. The zero-order chi connectivity index (χ0) is 19.2. The lowest BCUT2D eigenvalue weighted by molar-refractivity contribution is -0.114. The standard InChI is InChI=1S/C26H27NO/c28-21-25-19-11-4-12-20-27(25)26(22-13-5-1-6-14-22,23-15-7-2-8-16-23)24-17-9-3-10-18-24/h1-3,5-10,13-18,21,25H,4,11-12,19-20H2. The molecule has 0 radical (unpaired) electrons. The van der Waals surface area contributed by atoms with Crippen LogP contribution in [0.4, 0.5) is 0 Å². The number of rotatable bonds is 5. The SMILES string of the molecule is O=CC1CCCCCN1C(c1ccccc1)(c1ccccc1)c1ccccc1. The minimum Gasteiger partial charge on any atom is -0.302 e. The summed E-state index contributed by atoms with van der Waals surface area (Å²) in [4.78, 5) is 14.7. The fourth-order valence-corrected chi connectivity index (χ4v) is 4.73.